The van der Waals surface area contributed by atoms with Crippen LogP contribution < -0.4 is 14.7 Å². The Bertz CT molecular complexity index is 1160. The zero-order valence-corrected chi connectivity index (χ0v) is 21.6. The number of hydrogen-bond donors (Lipinski definition) is 0. The highest BCUT2D eigenvalue weighted by molar-refractivity contribution is 6.38. The van der Waals surface area contributed by atoms with Crippen molar-refractivity contribution in [2.75, 3.05) is 48.0 Å². The molecule has 0 atom stereocenters. The Balaban J connectivity index is 1.48. The molecular formula is C30H35N3O3. The fraction of sp³-hybridized carbons (Fsp3) is 0.333. The first-order valence-corrected chi connectivity index (χ1v) is 12.4. The van der Waals surface area contributed by atoms with Crippen LogP contribution in [0.2, 0.25) is 0 Å². The molecule has 3 aromatic carbocycles. The van der Waals surface area contributed by atoms with Crippen LogP contribution >= 0.6 is 0 Å². The van der Waals surface area contributed by atoms with Crippen molar-refractivity contribution in [2.24, 2.45) is 0 Å². The molecule has 0 bridgehead atoms. The van der Waals surface area contributed by atoms with E-state index in [1.54, 1.807) is 0 Å². The summed E-state index contributed by atoms with van der Waals surface area (Å²) in [6.45, 7) is 10.5. The van der Waals surface area contributed by atoms with Crippen molar-refractivity contribution in [2.45, 2.75) is 32.7 Å². The number of para-hydroxylation sites is 1. The molecule has 0 saturated carbocycles. The van der Waals surface area contributed by atoms with Gasteiger partial charge in [-0.1, -0.05) is 63.2 Å². The maximum atomic E-state index is 12.9. The Hall–Kier alpha value is -3.80. The van der Waals surface area contributed by atoms with Gasteiger partial charge in [0, 0.05) is 43.2 Å². The number of amides is 1. The zero-order chi connectivity index (χ0) is 25.7. The number of benzene rings is 3. The molecular weight excluding hydrogens is 450 g/mol. The van der Waals surface area contributed by atoms with Gasteiger partial charge >= 0.3 is 11.9 Å². The molecule has 0 aromatic heterocycles. The van der Waals surface area contributed by atoms with E-state index in [1.807, 2.05) is 42.5 Å². The number of nitrogens with zero attached hydrogens (tertiary/aromatic N) is 3. The molecule has 1 saturated heterocycles. The van der Waals surface area contributed by atoms with Crippen molar-refractivity contribution in [3.8, 4) is 0 Å². The maximum absolute atomic E-state index is 12.9. The summed E-state index contributed by atoms with van der Waals surface area (Å²) in [5.74, 6) is -1.55. The average Bonchev–Trinajstić information content (AvgIpc) is 2.91. The lowest BCUT2D eigenvalue weighted by Crippen LogP contribution is -2.46. The number of anilines is 3. The smallest absolute Gasteiger partial charge is 0.397 e. The van der Waals surface area contributed by atoms with E-state index in [-0.39, 0.29) is 12.0 Å². The van der Waals surface area contributed by atoms with E-state index in [2.05, 4.69) is 67.0 Å². The van der Waals surface area contributed by atoms with E-state index in [9.17, 15) is 9.59 Å². The first kappa shape index (κ1) is 25.3. The van der Waals surface area contributed by atoms with E-state index in [4.69, 9.17) is 4.74 Å². The van der Waals surface area contributed by atoms with Crippen LogP contribution in [0.1, 0.15) is 31.9 Å². The first-order valence-electron chi connectivity index (χ1n) is 12.4. The molecule has 188 valence electrons. The van der Waals surface area contributed by atoms with Gasteiger partial charge in [-0.2, -0.15) is 0 Å². The predicted molar refractivity (Wildman–Crippen MR) is 146 cm³/mol. The van der Waals surface area contributed by atoms with Crippen LogP contribution in [-0.2, 0) is 26.3 Å². The molecule has 3 aromatic rings. The van der Waals surface area contributed by atoms with Gasteiger partial charge in [-0.05, 0) is 52.9 Å². The highest BCUT2D eigenvalue weighted by Gasteiger charge is 2.25. The quantitative estimate of drug-likeness (QED) is 0.375. The van der Waals surface area contributed by atoms with Crippen LogP contribution in [0.5, 0.6) is 0 Å². The number of carbonyl (C=O) groups is 2. The van der Waals surface area contributed by atoms with Crippen LogP contribution in [0.15, 0.2) is 78.9 Å². The molecule has 36 heavy (non-hydrogen) atoms. The fourth-order valence-electron chi connectivity index (χ4n) is 4.48. The van der Waals surface area contributed by atoms with Crippen LogP contribution in [0, 0.1) is 0 Å². The first-order chi connectivity index (χ1) is 17.3. The van der Waals surface area contributed by atoms with Crippen LogP contribution in [0.25, 0.3) is 0 Å². The van der Waals surface area contributed by atoms with Gasteiger partial charge in [0.1, 0.15) is 0 Å². The molecule has 1 aliphatic rings. The molecule has 6 nitrogen and oxygen atoms in total. The summed E-state index contributed by atoms with van der Waals surface area (Å²) in [6, 6.07) is 26.5. The summed E-state index contributed by atoms with van der Waals surface area (Å²) in [4.78, 5) is 31.3. The Kier molecular flexibility index (Phi) is 7.63. The second-order valence-electron chi connectivity index (χ2n) is 10.2. The fourth-order valence-corrected chi connectivity index (χ4v) is 4.48. The minimum absolute atomic E-state index is 0.0441. The van der Waals surface area contributed by atoms with Crippen molar-refractivity contribution in [3.05, 3.63) is 90.0 Å². The van der Waals surface area contributed by atoms with Gasteiger partial charge in [0.05, 0.1) is 13.7 Å². The third-order valence-electron chi connectivity index (χ3n) is 6.69. The minimum Gasteiger partial charge on any atom is -0.462 e. The molecule has 0 unspecified atom stereocenters. The second kappa shape index (κ2) is 10.9. The van der Waals surface area contributed by atoms with Crippen LogP contribution in [0.4, 0.5) is 17.1 Å². The summed E-state index contributed by atoms with van der Waals surface area (Å²) in [6.07, 6.45) is 0. The normalized spacial score (nSPS) is 13.9. The number of carbonyl (C=O) groups excluding carboxylic acids is 2. The van der Waals surface area contributed by atoms with Crippen molar-refractivity contribution < 1.29 is 14.3 Å². The van der Waals surface area contributed by atoms with Crippen molar-refractivity contribution in [1.82, 2.24) is 0 Å². The molecule has 1 amide bonds. The summed E-state index contributed by atoms with van der Waals surface area (Å²) in [7, 11) is 1.23. The Morgan fingerprint density at radius 3 is 1.81 bits per heavy atom. The molecule has 4 rings (SSSR count). The van der Waals surface area contributed by atoms with Gasteiger partial charge in [0.2, 0.25) is 0 Å². The predicted octanol–water partition coefficient (Wildman–Crippen LogP) is 5.02. The third-order valence-corrected chi connectivity index (χ3v) is 6.69. The number of ether oxygens (including phenoxy) is 1. The SMILES string of the molecule is COC(=O)C(=O)N(Cc1ccc(C(C)(C)C)cc1)c1ccc(N2CCN(c3ccccc3)CC2)cc1. The van der Waals surface area contributed by atoms with Gasteiger partial charge in [-0.25, -0.2) is 4.79 Å². The lowest BCUT2D eigenvalue weighted by Gasteiger charge is -2.37. The van der Waals surface area contributed by atoms with Crippen molar-refractivity contribution in [1.29, 1.82) is 0 Å². The van der Waals surface area contributed by atoms with E-state index in [0.717, 1.165) is 37.4 Å². The van der Waals surface area contributed by atoms with Gasteiger partial charge < -0.3 is 14.5 Å². The molecule has 0 radical (unpaired) electrons. The van der Waals surface area contributed by atoms with Crippen LogP contribution in [-0.4, -0.2) is 45.2 Å². The van der Waals surface area contributed by atoms with Crippen molar-refractivity contribution >= 4 is 28.9 Å². The largest absolute Gasteiger partial charge is 0.462 e. The Morgan fingerprint density at radius 1 is 0.778 bits per heavy atom. The molecule has 1 fully saturated rings. The Morgan fingerprint density at radius 2 is 1.31 bits per heavy atom. The number of methoxy groups -OCH3 is 1. The summed E-state index contributed by atoms with van der Waals surface area (Å²) in [5.41, 5.74) is 5.22. The van der Waals surface area contributed by atoms with E-state index in [0.29, 0.717) is 5.69 Å². The molecule has 1 aliphatic heterocycles. The number of esters is 1. The maximum Gasteiger partial charge on any atom is 0.397 e. The molecule has 1 heterocycles. The van der Waals surface area contributed by atoms with Gasteiger partial charge in [-0.3, -0.25) is 9.69 Å². The highest BCUT2D eigenvalue weighted by Crippen LogP contribution is 2.26. The average molecular weight is 486 g/mol. The summed E-state index contributed by atoms with van der Waals surface area (Å²) >= 11 is 0. The van der Waals surface area contributed by atoms with Crippen LogP contribution in [0.3, 0.4) is 0 Å². The second-order valence-corrected chi connectivity index (χ2v) is 10.2. The van der Waals surface area contributed by atoms with Gasteiger partial charge in [-0.15, -0.1) is 0 Å². The summed E-state index contributed by atoms with van der Waals surface area (Å²) in [5, 5.41) is 0. The molecule has 0 spiro atoms. The third kappa shape index (κ3) is 5.88. The summed E-state index contributed by atoms with van der Waals surface area (Å²) < 4.78 is 4.74. The molecule has 0 aliphatic carbocycles. The number of hydrogen-bond acceptors (Lipinski definition) is 5. The lowest BCUT2D eigenvalue weighted by atomic mass is 9.87. The number of piperazine rings is 1. The van der Waals surface area contributed by atoms with E-state index < -0.39 is 11.9 Å². The standard InChI is InChI=1S/C30H35N3O3/c1-30(2,3)24-12-10-23(11-13-24)22-33(28(34)29(35)36-4)27-16-14-26(15-17-27)32-20-18-31(19-21-32)25-8-6-5-7-9-25/h5-17H,18-22H2,1-4H3. The molecule has 6 heteroatoms. The molecule has 0 N–H and O–H groups in total. The topological polar surface area (TPSA) is 53.1 Å². The minimum atomic E-state index is -0.873. The number of rotatable bonds is 5. The zero-order valence-electron chi connectivity index (χ0n) is 21.6. The van der Waals surface area contributed by atoms with Crippen molar-refractivity contribution in [3.63, 3.8) is 0 Å². The van der Waals surface area contributed by atoms with E-state index in [1.165, 1.54) is 23.3 Å². The highest BCUT2D eigenvalue weighted by atomic mass is 16.5. The van der Waals surface area contributed by atoms with E-state index >= 15 is 0 Å². The van der Waals surface area contributed by atoms with Gasteiger partial charge in [0.15, 0.2) is 0 Å². The lowest BCUT2D eigenvalue weighted by molar-refractivity contribution is -0.151. The van der Waals surface area contributed by atoms with Gasteiger partial charge in [0.25, 0.3) is 0 Å². The Labute approximate surface area is 214 Å². The monoisotopic (exact) mass is 485 g/mol.